The lowest BCUT2D eigenvalue weighted by molar-refractivity contribution is 0.305. The Balaban J connectivity index is 2.32. The van der Waals surface area contributed by atoms with E-state index in [1.54, 1.807) is 6.66 Å². The molecule has 1 unspecified atom stereocenters. The van der Waals surface area contributed by atoms with Gasteiger partial charge in [-0.15, -0.1) is 0 Å². The molecule has 1 aliphatic rings. The normalized spacial score (nSPS) is 24.2. The molecule has 0 radical (unpaired) electrons. The van der Waals surface area contributed by atoms with E-state index in [4.69, 9.17) is 29.7 Å². The van der Waals surface area contributed by atoms with Crippen LogP contribution in [0.25, 0.3) is 0 Å². The third-order valence-corrected chi connectivity index (χ3v) is 5.21. The summed E-state index contributed by atoms with van der Waals surface area (Å²) in [6.07, 6.45) is 0. The van der Waals surface area contributed by atoms with Gasteiger partial charge in [-0.2, -0.15) is 0 Å². The van der Waals surface area contributed by atoms with Crippen LogP contribution in [-0.2, 0) is 29.7 Å². The summed E-state index contributed by atoms with van der Waals surface area (Å²) in [7, 11) is -1.22. The van der Waals surface area contributed by atoms with Crippen LogP contribution in [0.5, 0.6) is 0 Å². The fourth-order valence-electron chi connectivity index (χ4n) is 0.687. The summed E-state index contributed by atoms with van der Waals surface area (Å²) < 4.78 is 20.9. The van der Waals surface area contributed by atoms with Gasteiger partial charge in [0.05, 0.1) is 19.8 Å². The van der Waals surface area contributed by atoms with Gasteiger partial charge in [0.2, 0.25) is 0 Å². The first kappa shape index (κ1) is 11.0. The topological polar surface area (TPSA) is 36.9 Å². The van der Waals surface area contributed by atoms with Crippen LogP contribution in [0.1, 0.15) is 6.92 Å². The number of rotatable bonds is 4. The minimum absolute atomic E-state index is 0.566. The van der Waals surface area contributed by atoms with Crippen molar-refractivity contribution in [2.45, 2.75) is 6.92 Å². The standard InChI is InChI=1S/C5H12O4P2S/c1-3-8-11(2,12)9-10-6-4-5-7-10/h3-5H2,1-2H3. The van der Waals surface area contributed by atoms with Gasteiger partial charge < -0.3 is 13.6 Å². The van der Waals surface area contributed by atoms with E-state index in [0.29, 0.717) is 19.8 Å². The van der Waals surface area contributed by atoms with E-state index in [-0.39, 0.29) is 0 Å². The van der Waals surface area contributed by atoms with Crippen molar-refractivity contribution in [3.8, 4) is 0 Å². The molecular weight excluding hydrogens is 218 g/mol. The van der Waals surface area contributed by atoms with E-state index in [2.05, 4.69) is 0 Å². The van der Waals surface area contributed by atoms with E-state index in [0.717, 1.165) is 0 Å². The van der Waals surface area contributed by atoms with Gasteiger partial charge in [0, 0.05) is 6.66 Å². The van der Waals surface area contributed by atoms with Crippen molar-refractivity contribution in [2.75, 3.05) is 26.5 Å². The molecule has 72 valence electrons. The SMILES string of the molecule is CCOP(C)(=S)OP1OCCO1. The van der Waals surface area contributed by atoms with Crippen molar-refractivity contribution in [1.82, 2.24) is 0 Å². The van der Waals surface area contributed by atoms with E-state index in [9.17, 15) is 0 Å². The van der Waals surface area contributed by atoms with Crippen molar-refractivity contribution in [3.63, 3.8) is 0 Å². The maximum absolute atomic E-state index is 5.36. The fourth-order valence-corrected chi connectivity index (χ4v) is 4.02. The van der Waals surface area contributed by atoms with Gasteiger partial charge in [-0.05, 0) is 18.7 Å². The molecule has 0 aromatic carbocycles. The molecule has 1 heterocycles. The average Bonchev–Trinajstić information content (AvgIpc) is 2.38. The summed E-state index contributed by atoms with van der Waals surface area (Å²) in [4.78, 5) is 0. The second-order valence-corrected chi connectivity index (χ2v) is 7.57. The van der Waals surface area contributed by atoms with Crippen LogP contribution >= 0.6 is 15.1 Å². The van der Waals surface area contributed by atoms with Crippen LogP contribution in [0.4, 0.5) is 0 Å². The molecule has 0 spiro atoms. The lowest BCUT2D eigenvalue weighted by Crippen LogP contribution is -1.90. The van der Waals surface area contributed by atoms with Gasteiger partial charge in [0.1, 0.15) is 0 Å². The van der Waals surface area contributed by atoms with Crippen molar-refractivity contribution < 1.29 is 17.9 Å². The van der Waals surface area contributed by atoms with Crippen molar-refractivity contribution in [2.24, 2.45) is 0 Å². The zero-order valence-corrected chi connectivity index (χ0v) is 9.66. The highest BCUT2D eigenvalue weighted by Gasteiger charge is 2.25. The number of hydrogen-bond donors (Lipinski definition) is 0. The van der Waals surface area contributed by atoms with Crippen LogP contribution in [-0.4, -0.2) is 26.5 Å². The predicted molar refractivity (Wildman–Crippen MR) is 51.7 cm³/mol. The molecule has 1 rings (SSSR count). The van der Waals surface area contributed by atoms with Crippen LogP contribution in [0, 0.1) is 0 Å². The second-order valence-electron chi connectivity index (χ2n) is 2.16. The summed E-state index contributed by atoms with van der Waals surface area (Å²) in [6, 6.07) is 0. The van der Waals surface area contributed by atoms with Gasteiger partial charge in [0.25, 0.3) is 0 Å². The minimum atomic E-state index is -2.13. The molecule has 12 heavy (non-hydrogen) atoms. The van der Waals surface area contributed by atoms with E-state index < -0.39 is 15.1 Å². The molecule has 1 saturated heterocycles. The summed E-state index contributed by atoms with van der Waals surface area (Å²) in [6.45, 7) is 3.28. The maximum atomic E-state index is 5.36. The van der Waals surface area contributed by atoms with Crippen molar-refractivity contribution in [1.29, 1.82) is 0 Å². The van der Waals surface area contributed by atoms with Gasteiger partial charge in [0.15, 0.2) is 6.49 Å². The maximum Gasteiger partial charge on any atom is 0.338 e. The second kappa shape index (κ2) is 4.97. The zero-order chi connectivity index (χ0) is 9.03. The Morgan fingerprint density at radius 3 is 2.58 bits per heavy atom. The van der Waals surface area contributed by atoms with Gasteiger partial charge >= 0.3 is 8.60 Å². The van der Waals surface area contributed by atoms with Crippen LogP contribution < -0.4 is 0 Å². The first-order valence-corrected chi connectivity index (χ1v) is 7.80. The van der Waals surface area contributed by atoms with Crippen LogP contribution in [0.3, 0.4) is 0 Å². The first-order valence-electron chi connectivity index (χ1n) is 3.62. The van der Waals surface area contributed by atoms with Gasteiger partial charge in [-0.3, -0.25) is 4.31 Å². The van der Waals surface area contributed by atoms with Crippen molar-refractivity contribution in [3.05, 3.63) is 0 Å². The molecule has 0 bridgehead atoms. The summed E-state index contributed by atoms with van der Waals surface area (Å²) in [5, 5.41) is 0. The summed E-state index contributed by atoms with van der Waals surface area (Å²) in [5.41, 5.74) is 0. The minimum Gasteiger partial charge on any atom is -0.330 e. The average molecular weight is 230 g/mol. The smallest absolute Gasteiger partial charge is 0.330 e. The summed E-state index contributed by atoms with van der Waals surface area (Å²) in [5.74, 6) is 0. The van der Waals surface area contributed by atoms with Crippen LogP contribution in [0.2, 0.25) is 0 Å². The number of hydrogen-bond acceptors (Lipinski definition) is 5. The Morgan fingerprint density at radius 1 is 1.50 bits per heavy atom. The Labute approximate surface area is 78.7 Å². The largest absolute Gasteiger partial charge is 0.338 e. The lowest BCUT2D eigenvalue weighted by Gasteiger charge is -2.18. The fraction of sp³-hybridized carbons (Fsp3) is 1.00. The molecule has 1 fully saturated rings. The van der Waals surface area contributed by atoms with Gasteiger partial charge in [-0.25, -0.2) is 0 Å². The lowest BCUT2D eigenvalue weighted by atomic mass is 10.8. The molecule has 7 heteroatoms. The molecule has 1 aliphatic heterocycles. The van der Waals surface area contributed by atoms with Crippen LogP contribution in [0.15, 0.2) is 0 Å². The Kier molecular flexibility index (Phi) is 4.55. The highest BCUT2D eigenvalue weighted by atomic mass is 32.5. The Morgan fingerprint density at radius 2 is 2.08 bits per heavy atom. The van der Waals surface area contributed by atoms with Gasteiger partial charge in [-0.1, -0.05) is 0 Å². The van der Waals surface area contributed by atoms with E-state index in [1.165, 1.54) is 0 Å². The molecule has 0 aliphatic carbocycles. The third kappa shape index (κ3) is 3.75. The monoisotopic (exact) mass is 230 g/mol. The highest BCUT2D eigenvalue weighted by Crippen LogP contribution is 2.59. The first-order chi connectivity index (χ1) is 5.64. The molecule has 0 aromatic rings. The molecule has 0 saturated carbocycles. The van der Waals surface area contributed by atoms with E-state index >= 15 is 0 Å². The Hall–Kier alpha value is 0.920. The van der Waals surface area contributed by atoms with E-state index in [1.807, 2.05) is 6.92 Å². The molecular formula is C5H12O4P2S. The molecule has 0 N–H and O–H groups in total. The third-order valence-electron chi connectivity index (χ3n) is 1.06. The molecule has 4 nitrogen and oxygen atoms in total. The quantitative estimate of drug-likeness (QED) is 0.692. The molecule has 0 amide bonds. The zero-order valence-electron chi connectivity index (χ0n) is 7.06. The predicted octanol–water partition coefficient (Wildman–Crippen LogP) is 2.25. The molecule has 1 atom stereocenters. The Bertz CT molecular complexity index is 182. The molecule has 0 aromatic heterocycles. The highest BCUT2D eigenvalue weighted by molar-refractivity contribution is 8.10. The van der Waals surface area contributed by atoms with Crippen molar-refractivity contribution >= 4 is 26.9 Å². The summed E-state index contributed by atoms with van der Waals surface area (Å²) >= 11 is 5.10.